The van der Waals surface area contributed by atoms with Crippen molar-refractivity contribution < 1.29 is 29.4 Å². The first kappa shape index (κ1) is 35.2. The van der Waals surface area contributed by atoms with Crippen LogP contribution in [0.1, 0.15) is 30.4 Å². The number of rotatable bonds is 11. The number of amides is 4. The van der Waals surface area contributed by atoms with Crippen LogP contribution in [-0.2, 0) is 32.0 Å². The van der Waals surface area contributed by atoms with Crippen molar-refractivity contribution in [3.05, 3.63) is 47.5 Å². The van der Waals surface area contributed by atoms with Gasteiger partial charge in [-0.1, -0.05) is 12.1 Å². The van der Waals surface area contributed by atoms with E-state index in [1.54, 1.807) is 24.3 Å². The normalized spacial score (nSPS) is 19.5. The van der Waals surface area contributed by atoms with Crippen molar-refractivity contribution >= 4 is 23.6 Å². The highest BCUT2D eigenvalue weighted by Gasteiger charge is 2.30. The van der Waals surface area contributed by atoms with E-state index in [0.29, 0.717) is 28.7 Å². The minimum absolute atomic E-state index is 0.000204. The van der Waals surface area contributed by atoms with Crippen LogP contribution in [0.3, 0.4) is 0 Å². The predicted molar refractivity (Wildman–Crippen MR) is 168 cm³/mol. The molecule has 0 unspecified atom stereocenters. The molecular weight excluding hydrogens is 582 g/mol. The summed E-state index contributed by atoms with van der Waals surface area (Å²) in [6.45, 7) is 0.545. The van der Waals surface area contributed by atoms with E-state index < -0.39 is 53.8 Å². The lowest BCUT2D eigenvalue weighted by Crippen LogP contribution is -2.57. The van der Waals surface area contributed by atoms with Gasteiger partial charge in [-0.25, -0.2) is 0 Å². The quantitative estimate of drug-likeness (QED) is 0.120. The molecule has 16 N–H and O–H groups in total. The first-order valence-electron chi connectivity index (χ1n) is 14.9. The van der Waals surface area contributed by atoms with E-state index in [0.717, 1.165) is 0 Å². The highest BCUT2D eigenvalue weighted by molar-refractivity contribution is 5.93. The van der Waals surface area contributed by atoms with Crippen LogP contribution in [0, 0.1) is 0 Å². The van der Waals surface area contributed by atoms with Gasteiger partial charge in [0.15, 0.2) is 0 Å². The number of phenols is 2. The van der Waals surface area contributed by atoms with Gasteiger partial charge in [-0.2, -0.15) is 0 Å². The summed E-state index contributed by atoms with van der Waals surface area (Å²) in [5.74, 6) is -2.48. The Morgan fingerprint density at radius 1 is 0.911 bits per heavy atom. The van der Waals surface area contributed by atoms with Crippen LogP contribution in [0.2, 0.25) is 0 Å². The van der Waals surface area contributed by atoms with Crippen molar-refractivity contribution in [2.45, 2.75) is 62.3 Å². The fourth-order valence-electron chi connectivity index (χ4n) is 4.89. The molecule has 2 aromatic carbocycles. The number of nitrogens with one attached hydrogen (secondary N) is 4. The zero-order valence-electron chi connectivity index (χ0n) is 25.1. The van der Waals surface area contributed by atoms with Crippen LogP contribution in [0.15, 0.2) is 36.4 Å². The second kappa shape index (κ2) is 16.7. The van der Waals surface area contributed by atoms with Gasteiger partial charge in [0.05, 0.1) is 18.1 Å². The molecule has 1 aliphatic rings. The largest absolute Gasteiger partial charge is 0.508 e. The first-order valence-corrected chi connectivity index (χ1v) is 14.9. The van der Waals surface area contributed by atoms with Crippen LogP contribution in [0.25, 0.3) is 11.1 Å². The third-order valence-corrected chi connectivity index (χ3v) is 7.66. The summed E-state index contributed by atoms with van der Waals surface area (Å²) in [4.78, 5) is 52.4. The van der Waals surface area contributed by atoms with Crippen LogP contribution >= 0.6 is 0 Å². The van der Waals surface area contributed by atoms with Crippen LogP contribution in [0.4, 0.5) is 0 Å². The number of hydrogen-bond donors (Lipinski definition) is 11. The molecule has 0 aliphatic carbocycles. The van der Waals surface area contributed by atoms with Crippen molar-refractivity contribution in [3.8, 4) is 22.6 Å². The topological polar surface area (TPSA) is 287 Å². The van der Waals surface area contributed by atoms with Crippen molar-refractivity contribution in [2.75, 3.05) is 26.2 Å². The second-order valence-corrected chi connectivity index (χ2v) is 11.1. The van der Waals surface area contributed by atoms with Crippen LogP contribution < -0.4 is 49.9 Å². The Morgan fingerprint density at radius 2 is 1.51 bits per heavy atom. The number of hydrogen-bond acceptors (Lipinski definition) is 11. The van der Waals surface area contributed by atoms with Gasteiger partial charge in [0.2, 0.25) is 23.6 Å². The monoisotopic (exact) mass is 627 g/mol. The Balaban J connectivity index is 1.91. The molecule has 0 aromatic heterocycles. The molecular formula is C30H45N9O6. The maximum absolute atomic E-state index is 13.5. The van der Waals surface area contributed by atoms with E-state index in [1.165, 1.54) is 12.1 Å². The highest BCUT2D eigenvalue weighted by atomic mass is 16.3. The van der Waals surface area contributed by atoms with Gasteiger partial charge >= 0.3 is 0 Å². The molecule has 1 aliphatic heterocycles. The highest BCUT2D eigenvalue weighted by Crippen LogP contribution is 2.30. The molecule has 15 heteroatoms. The maximum atomic E-state index is 13.5. The Bertz CT molecular complexity index is 1350. The zero-order valence-corrected chi connectivity index (χ0v) is 25.1. The fraction of sp³-hybridized carbons (Fsp3) is 0.467. The maximum Gasteiger partial charge on any atom is 0.243 e. The SMILES string of the molecule is NCCC[C@@H]1NC(=O)[C@@H](N)Cc2cc(ccc2O)-c2ccc(O)c(c2)C[C@@H](C(=O)NCC[C@H](N)C(=O)NC(CN)CN)NC1=O. The van der Waals surface area contributed by atoms with E-state index in [-0.39, 0.29) is 63.4 Å². The first-order chi connectivity index (χ1) is 21.5. The molecule has 0 saturated carbocycles. The van der Waals surface area contributed by atoms with Gasteiger partial charge in [0.1, 0.15) is 23.6 Å². The predicted octanol–water partition coefficient (Wildman–Crippen LogP) is -2.86. The van der Waals surface area contributed by atoms with Crippen LogP contribution in [0.5, 0.6) is 11.5 Å². The number of carbonyl (C=O) groups excluding carboxylic acids is 4. The average molecular weight is 628 g/mol. The summed E-state index contributed by atoms with van der Waals surface area (Å²) in [7, 11) is 0. The molecule has 4 bridgehead atoms. The van der Waals surface area contributed by atoms with Crippen molar-refractivity contribution in [1.82, 2.24) is 21.3 Å². The summed E-state index contributed by atoms with van der Waals surface area (Å²) < 4.78 is 0. The van der Waals surface area contributed by atoms with E-state index in [1.807, 2.05) is 0 Å². The average Bonchev–Trinajstić information content (AvgIpc) is 3.02. The molecule has 246 valence electrons. The summed E-state index contributed by atoms with van der Waals surface area (Å²) in [6, 6.07) is 4.95. The number of fused-ring (bicyclic) bond motifs is 5. The lowest BCUT2D eigenvalue weighted by molar-refractivity contribution is -0.132. The van der Waals surface area contributed by atoms with Gasteiger partial charge in [0, 0.05) is 32.5 Å². The Hall–Kier alpha value is -4.28. The smallest absolute Gasteiger partial charge is 0.243 e. The van der Waals surface area contributed by atoms with E-state index >= 15 is 0 Å². The van der Waals surface area contributed by atoms with Gasteiger partial charge in [0.25, 0.3) is 0 Å². The van der Waals surface area contributed by atoms with Crippen molar-refractivity contribution in [1.29, 1.82) is 0 Å². The molecule has 0 spiro atoms. The molecule has 0 radical (unpaired) electrons. The summed E-state index contributed by atoms with van der Waals surface area (Å²) in [5.41, 5.74) is 31.1. The molecule has 1 heterocycles. The van der Waals surface area contributed by atoms with Gasteiger partial charge in [-0.3, -0.25) is 19.2 Å². The van der Waals surface area contributed by atoms with Crippen molar-refractivity contribution in [3.63, 3.8) is 0 Å². The molecule has 4 atom stereocenters. The van der Waals surface area contributed by atoms with E-state index in [9.17, 15) is 29.4 Å². The summed E-state index contributed by atoms with van der Waals surface area (Å²) in [5, 5.41) is 31.9. The lowest BCUT2D eigenvalue weighted by Gasteiger charge is -2.25. The van der Waals surface area contributed by atoms with Crippen LogP contribution in [-0.4, -0.2) is 90.2 Å². The minimum Gasteiger partial charge on any atom is -0.508 e. The standard InChI is InChI=1S/C30H45N9O6/c31-8-1-2-23-30(45)39-24(29(44)36-9-7-21(34)27(42)37-20(14-32)15-33)13-19-11-17(4-6-26(19)41)16-3-5-25(40)18(10-16)12-22(35)28(43)38-23/h3-6,10-11,20-24,40-41H,1-2,7-9,12-15,31-35H2,(H,36,44)(H,37,42)(H,38,43)(H,39,45)/t21-,22-,23-,24-/m0/s1. The molecule has 15 nitrogen and oxygen atoms in total. The molecule has 0 saturated heterocycles. The number of nitrogens with two attached hydrogens (primary N) is 5. The second-order valence-electron chi connectivity index (χ2n) is 11.1. The zero-order chi connectivity index (χ0) is 33.1. The van der Waals surface area contributed by atoms with E-state index in [2.05, 4.69) is 21.3 Å². The molecule has 4 amide bonds. The fourth-order valence-corrected chi connectivity index (χ4v) is 4.89. The number of phenolic OH excluding ortho intramolecular Hbond substituents is 2. The van der Waals surface area contributed by atoms with E-state index in [4.69, 9.17) is 28.7 Å². The van der Waals surface area contributed by atoms with Gasteiger partial charge in [-0.15, -0.1) is 0 Å². The van der Waals surface area contributed by atoms with Crippen molar-refractivity contribution in [2.24, 2.45) is 28.7 Å². The summed E-state index contributed by atoms with van der Waals surface area (Å²) >= 11 is 0. The number of aromatic hydroxyl groups is 2. The molecule has 0 fully saturated rings. The number of benzene rings is 2. The lowest BCUT2D eigenvalue weighted by atomic mass is 9.95. The van der Waals surface area contributed by atoms with Gasteiger partial charge in [-0.05, 0) is 72.3 Å². The van der Waals surface area contributed by atoms with Gasteiger partial charge < -0.3 is 60.1 Å². The Morgan fingerprint density at radius 3 is 2.09 bits per heavy atom. The Kier molecular flexibility index (Phi) is 13.1. The number of carbonyl (C=O) groups is 4. The Labute approximate surface area is 261 Å². The molecule has 45 heavy (non-hydrogen) atoms. The third-order valence-electron chi connectivity index (χ3n) is 7.66. The third kappa shape index (κ3) is 9.86. The summed E-state index contributed by atoms with van der Waals surface area (Å²) in [6.07, 6.45) is 0.530. The molecule has 2 aromatic rings. The molecule has 3 rings (SSSR count). The minimum atomic E-state index is -1.19.